The molecule has 5 aliphatic carbocycles. The van der Waals surface area contributed by atoms with Gasteiger partial charge in [-0.05, 0) is 98.2 Å². The summed E-state index contributed by atoms with van der Waals surface area (Å²) in [6.07, 6.45) is -19.6. The minimum Gasteiger partial charge on any atom is -0.479 e. The Kier molecular flexibility index (Phi) is 13.4. The van der Waals surface area contributed by atoms with Crippen LogP contribution in [0.1, 0.15) is 99.3 Å². The van der Waals surface area contributed by atoms with Crippen LogP contribution in [0.5, 0.6) is 0 Å². The van der Waals surface area contributed by atoms with Crippen LogP contribution >= 0.6 is 0 Å². The Morgan fingerprint density at radius 3 is 2.08 bits per heavy atom. The topological polar surface area (TPSA) is 312 Å². The van der Waals surface area contributed by atoms with Gasteiger partial charge in [-0.2, -0.15) is 0 Å². The molecule has 8 aliphatic rings. The van der Waals surface area contributed by atoms with E-state index in [1.807, 2.05) is 13.8 Å². The zero-order valence-corrected chi connectivity index (χ0v) is 38.6. The third-order valence-electron chi connectivity index (χ3n) is 18.6. The Morgan fingerprint density at radius 2 is 1.41 bits per heavy atom. The van der Waals surface area contributed by atoms with E-state index in [0.717, 1.165) is 17.6 Å². The summed E-state index contributed by atoms with van der Waals surface area (Å²) in [4.78, 5) is 26.9. The second-order valence-electron chi connectivity index (χ2n) is 22.2. The summed E-state index contributed by atoms with van der Waals surface area (Å²) in [6.45, 7) is 15.9. The van der Waals surface area contributed by atoms with Crippen molar-refractivity contribution in [3.05, 3.63) is 23.8 Å². The standard InChI is InChI=1S/C47H72O19/c1-19-10-13-47(42(60)66-40-32(55)30(53)28(51)24(18-48)62-40)15-14-45(6)21(22(47)16-19)8-9-26-44(5)17-23(49)37(43(3,4)25(44)11-12-46(26,45)7)65-41-34(57)35(33(56)36(64-41)38(58)59)63-39-31(54)29(52)27(50)20(2)61-39/h8,20,22-37,39-41,48-57H,1,9-18H2,2-7H3,(H,58,59)/t20-,22-,23-,24-,25+,26+,27-,28+,29-,30-,31+,32+,33+,34-,35+,36-,37+,39+,40+,41+,44-,45+,46+,47-/m0/s1. The maximum Gasteiger partial charge on any atom is 0.335 e. The van der Waals surface area contributed by atoms with Gasteiger partial charge in [0.25, 0.3) is 0 Å². The molecule has 0 aromatic carbocycles. The summed E-state index contributed by atoms with van der Waals surface area (Å²) >= 11 is 0. The van der Waals surface area contributed by atoms with Crippen molar-refractivity contribution in [3.63, 3.8) is 0 Å². The van der Waals surface area contributed by atoms with E-state index in [0.29, 0.717) is 44.9 Å². The Morgan fingerprint density at radius 1 is 0.758 bits per heavy atom. The molecule has 374 valence electrons. The molecular weight excluding hydrogens is 868 g/mol. The van der Waals surface area contributed by atoms with Crippen LogP contribution in [0.25, 0.3) is 0 Å². The van der Waals surface area contributed by atoms with Gasteiger partial charge in [-0.3, -0.25) is 4.79 Å². The van der Waals surface area contributed by atoms with Gasteiger partial charge in [0.1, 0.15) is 61.0 Å². The van der Waals surface area contributed by atoms with Gasteiger partial charge in [-0.15, -0.1) is 0 Å². The number of carboxylic acids is 1. The third kappa shape index (κ3) is 7.57. The summed E-state index contributed by atoms with van der Waals surface area (Å²) in [5.74, 6) is -2.45. The number of carboxylic acid groups (broad SMARTS) is 1. The highest BCUT2D eigenvalue weighted by Gasteiger charge is 2.71. The number of hydrogen-bond acceptors (Lipinski definition) is 18. The van der Waals surface area contributed by atoms with Crippen LogP contribution in [-0.2, 0) is 38.0 Å². The van der Waals surface area contributed by atoms with Gasteiger partial charge < -0.3 is 84.6 Å². The predicted molar refractivity (Wildman–Crippen MR) is 226 cm³/mol. The second kappa shape index (κ2) is 17.6. The summed E-state index contributed by atoms with van der Waals surface area (Å²) in [7, 11) is 0. The Balaban J connectivity index is 1.04. The first kappa shape index (κ1) is 50.2. The first-order valence-corrected chi connectivity index (χ1v) is 23.6. The lowest BCUT2D eigenvalue weighted by Crippen LogP contribution is -2.69. The Hall–Kier alpha value is -2.18. The Bertz CT molecular complexity index is 1890. The monoisotopic (exact) mass is 940 g/mol. The van der Waals surface area contributed by atoms with Crippen molar-refractivity contribution < 1.29 is 94.2 Å². The molecule has 11 N–H and O–H groups in total. The lowest BCUT2D eigenvalue weighted by atomic mass is 9.33. The van der Waals surface area contributed by atoms with Gasteiger partial charge in [0, 0.05) is 5.92 Å². The summed E-state index contributed by atoms with van der Waals surface area (Å²) < 4.78 is 35.0. The van der Waals surface area contributed by atoms with E-state index >= 15 is 0 Å². The molecule has 19 nitrogen and oxygen atoms in total. The summed E-state index contributed by atoms with van der Waals surface area (Å²) in [6, 6.07) is 0. The molecule has 66 heavy (non-hydrogen) atoms. The highest BCUT2D eigenvalue weighted by molar-refractivity contribution is 5.79. The molecule has 4 saturated carbocycles. The molecule has 19 heteroatoms. The smallest absolute Gasteiger partial charge is 0.335 e. The third-order valence-corrected chi connectivity index (χ3v) is 18.6. The molecule has 0 aromatic heterocycles. The molecule has 8 rings (SSSR count). The molecular formula is C47H72O19. The van der Waals surface area contributed by atoms with Crippen LogP contribution in [0, 0.1) is 44.8 Å². The van der Waals surface area contributed by atoms with Gasteiger partial charge in [-0.25, -0.2) is 4.79 Å². The maximum atomic E-state index is 14.5. The summed E-state index contributed by atoms with van der Waals surface area (Å²) in [5, 5.41) is 118. The molecule has 0 bridgehead atoms. The number of esters is 1. The molecule has 0 spiro atoms. The van der Waals surface area contributed by atoms with Gasteiger partial charge in [0.05, 0.1) is 30.3 Å². The SMILES string of the molecule is C=C1CC[C@]2(C(=O)O[C@H]3O[C@@H](CO)[C@@H](O)[C@H](O)[C@H]3O)CC[C@]3(C)C(=CC[C@@H]4[C@@]5(C)C[C@H](O)[C@@H](O[C@H]6O[C@H](C(=O)O)[C@H](O)[C@@H](O[C@H]7O[C@@H](C)[C@H](O)[C@H](O)[C@H]7O)[C@@H]6O)C(C)(C)[C@H]5CC[C@]43C)[C@@H]2C1. The largest absolute Gasteiger partial charge is 0.479 e. The van der Waals surface area contributed by atoms with Crippen molar-refractivity contribution in [2.24, 2.45) is 44.8 Å². The van der Waals surface area contributed by atoms with Gasteiger partial charge in [-0.1, -0.05) is 58.4 Å². The first-order valence-electron chi connectivity index (χ1n) is 23.6. The van der Waals surface area contributed by atoms with Crippen LogP contribution < -0.4 is 0 Å². The van der Waals surface area contributed by atoms with Crippen LogP contribution in [-0.4, -0.2) is 179 Å². The molecule has 7 fully saturated rings. The van der Waals surface area contributed by atoms with E-state index < -0.39 is 145 Å². The first-order chi connectivity index (χ1) is 30.8. The van der Waals surface area contributed by atoms with Crippen molar-refractivity contribution in [3.8, 4) is 0 Å². The van der Waals surface area contributed by atoms with Crippen LogP contribution in [0.4, 0.5) is 0 Å². The van der Waals surface area contributed by atoms with E-state index in [9.17, 15) is 65.8 Å². The fraction of sp³-hybridized carbons (Fsp3) is 0.872. The number of rotatable bonds is 8. The fourth-order valence-electron chi connectivity index (χ4n) is 14.7. The number of ether oxygens (including phenoxy) is 6. The van der Waals surface area contributed by atoms with E-state index in [-0.39, 0.29) is 29.6 Å². The second-order valence-corrected chi connectivity index (χ2v) is 22.2. The van der Waals surface area contributed by atoms with E-state index in [1.54, 1.807) is 0 Å². The van der Waals surface area contributed by atoms with Crippen LogP contribution in [0.2, 0.25) is 0 Å². The number of carbonyl (C=O) groups is 2. The molecule has 3 aliphatic heterocycles. The van der Waals surface area contributed by atoms with Crippen molar-refractivity contribution in [2.75, 3.05) is 6.61 Å². The maximum absolute atomic E-state index is 14.5. The van der Waals surface area contributed by atoms with Gasteiger partial charge in [0.15, 0.2) is 18.7 Å². The van der Waals surface area contributed by atoms with E-state index in [2.05, 4.69) is 33.4 Å². The highest BCUT2D eigenvalue weighted by Crippen LogP contribution is 2.75. The lowest BCUT2D eigenvalue weighted by molar-refractivity contribution is -0.368. The number of aliphatic hydroxyl groups excluding tert-OH is 10. The number of aliphatic hydroxyl groups is 10. The Labute approximate surface area is 384 Å². The number of aliphatic carboxylic acids is 1. The van der Waals surface area contributed by atoms with Crippen molar-refractivity contribution in [2.45, 2.75) is 204 Å². The van der Waals surface area contributed by atoms with Gasteiger partial charge in [0.2, 0.25) is 6.29 Å². The molecule has 3 heterocycles. The molecule has 24 atom stereocenters. The minimum absolute atomic E-state index is 0.0479. The van der Waals surface area contributed by atoms with Crippen molar-refractivity contribution >= 4 is 11.9 Å². The zero-order chi connectivity index (χ0) is 48.4. The van der Waals surface area contributed by atoms with E-state index in [1.165, 1.54) is 6.92 Å². The highest BCUT2D eigenvalue weighted by atomic mass is 16.7. The average molecular weight is 941 g/mol. The van der Waals surface area contributed by atoms with E-state index in [4.69, 9.17) is 28.4 Å². The minimum atomic E-state index is -1.98. The summed E-state index contributed by atoms with van der Waals surface area (Å²) in [5.41, 5.74) is -0.813. The number of fused-ring (bicyclic) bond motifs is 7. The van der Waals surface area contributed by atoms with Crippen molar-refractivity contribution in [1.82, 2.24) is 0 Å². The molecule has 0 amide bonds. The number of hydrogen-bond donors (Lipinski definition) is 11. The average Bonchev–Trinajstić information content (AvgIpc) is 3.25. The van der Waals surface area contributed by atoms with Crippen molar-refractivity contribution in [1.29, 1.82) is 0 Å². The molecule has 0 unspecified atom stereocenters. The zero-order valence-electron chi connectivity index (χ0n) is 38.6. The predicted octanol–water partition coefficient (Wildman–Crippen LogP) is -0.239. The van der Waals surface area contributed by atoms with Gasteiger partial charge >= 0.3 is 11.9 Å². The van der Waals surface area contributed by atoms with Crippen LogP contribution in [0.3, 0.4) is 0 Å². The van der Waals surface area contributed by atoms with Crippen LogP contribution in [0.15, 0.2) is 23.8 Å². The number of allylic oxidation sites excluding steroid dienone is 3. The molecule has 0 aromatic rings. The molecule has 3 saturated heterocycles. The lowest BCUT2D eigenvalue weighted by Gasteiger charge is -2.71. The normalized spacial score (nSPS) is 53.6. The molecule has 0 radical (unpaired) electrons. The number of carbonyl (C=O) groups excluding carboxylic acids is 1. The fourth-order valence-corrected chi connectivity index (χ4v) is 14.7. The quantitative estimate of drug-likeness (QED) is 0.0850.